The minimum absolute atomic E-state index is 0.276. The molecule has 0 saturated heterocycles. The predicted molar refractivity (Wildman–Crippen MR) is 103 cm³/mol. The van der Waals surface area contributed by atoms with E-state index in [4.69, 9.17) is 4.74 Å². The van der Waals surface area contributed by atoms with E-state index in [1.807, 2.05) is 26.0 Å². The van der Waals surface area contributed by atoms with Crippen LogP contribution in [0.4, 0.5) is 0 Å². The van der Waals surface area contributed by atoms with E-state index in [0.717, 1.165) is 18.4 Å². The SMILES string of the molecule is CCOC(=O)/C=C(C)/C=C/C=C(/C)CCC1=C(C)CCCC1(C)C. The van der Waals surface area contributed by atoms with Crippen LogP contribution in [0.2, 0.25) is 0 Å². The molecular weight excluding hydrogens is 296 g/mol. The van der Waals surface area contributed by atoms with Crippen molar-refractivity contribution in [1.29, 1.82) is 0 Å². The van der Waals surface area contributed by atoms with Crippen LogP contribution in [0.3, 0.4) is 0 Å². The molecule has 0 aromatic heterocycles. The van der Waals surface area contributed by atoms with Crippen LogP contribution in [-0.2, 0) is 9.53 Å². The third-order valence-corrected chi connectivity index (χ3v) is 4.83. The molecular formula is C22H34O2. The average Bonchev–Trinajstić information content (AvgIpc) is 2.46. The zero-order valence-electron chi connectivity index (χ0n) is 16.4. The maximum atomic E-state index is 11.4. The fourth-order valence-electron chi connectivity index (χ4n) is 3.41. The van der Waals surface area contributed by atoms with Gasteiger partial charge in [0.2, 0.25) is 0 Å². The first-order valence-corrected chi connectivity index (χ1v) is 9.14. The zero-order chi connectivity index (χ0) is 18.2. The van der Waals surface area contributed by atoms with Crippen molar-refractivity contribution in [3.8, 4) is 0 Å². The van der Waals surface area contributed by atoms with Crippen LogP contribution in [0.5, 0.6) is 0 Å². The highest BCUT2D eigenvalue weighted by molar-refractivity contribution is 5.83. The number of esters is 1. The molecule has 24 heavy (non-hydrogen) atoms. The number of allylic oxidation sites excluding steroid dienone is 7. The van der Waals surface area contributed by atoms with Gasteiger partial charge in [-0.1, -0.05) is 48.8 Å². The Kier molecular flexibility index (Phi) is 8.24. The van der Waals surface area contributed by atoms with Gasteiger partial charge in [-0.3, -0.25) is 0 Å². The summed E-state index contributed by atoms with van der Waals surface area (Å²) in [6.45, 7) is 13.4. The lowest BCUT2D eigenvalue weighted by atomic mass is 9.71. The number of ether oxygens (including phenoxy) is 1. The van der Waals surface area contributed by atoms with Gasteiger partial charge in [-0.25, -0.2) is 4.79 Å². The molecule has 0 fully saturated rings. The molecule has 134 valence electrons. The molecule has 0 aromatic rings. The second kappa shape index (κ2) is 9.66. The van der Waals surface area contributed by atoms with Gasteiger partial charge in [-0.15, -0.1) is 0 Å². The molecule has 0 aliphatic heterocycles. The van der Waals surface area contributed by atoms with Gasteiger partial charge in [-0.2, -0.15) is 0 Å². The van der Waals surface area contributed by atoms with Gasteiger partial charge in [0, 0.05) is 6.08 Å². The Hall–Kier alpha value is -1.57. The predicted octanol–water partition coefficient (Wildman–Crippen LogP) is 6.31. The van der Waals surface area contributed by atoms with E-state index in [1.165, 1.54) is 30.9 Å². The number of carbonyl (C=O) groups is 1. The molecule has 0 spiro atoms. The third-order valence-electron chi connectivity index (χ3n) is 4.83. The molecule has 0 radical (unpaired) electrons. The van der Waals surface area contributed by atoms with Crippen LogP contribution in [0.25, 0.3) is 0 Å². The number of hydrogen-bond acceptors (Lipinski definition) is 2. The van der Waals surface area contributed by atoms with Crippen molar-refractivity contribution in [3.63, 3.8) is 0 Å². The summed E-state index contributed by atoms with van der Waals surface area (Å²) in [7, 11) is 0. The van der Waals surface area contributed by atoms with Gasteiger partial charge in [0.15, 0.2) is 0 Å². The molecule has 0 amide bonds. The van der Waals surface area contributed by atoms with Gasteiger partial charge in [0.05, 0.1) is 6.61 Å². The summed E-state index contributed by atoms with van der Waals surface area (Å²) in [5, 5.41) is 0. The monoisotopic (exact) mass is 330 g/mol. The Morgan fingerprint density at radius 3 is 2.62 bits per heavy atom. The van der Waals surface area contributed by atoms with Crippen molar-refractivity contribution < 1.29 is 9.53 Å². The van der Waals surface area contributed by atoms with Gasteiger partial charge < -0.3 is 4.74 Å². The maximum Gasteiger partial charge on any atom is 0.330 e. The van der Waals surface area contributed by atoms with Crippen LogP contribution in [-0.4, -0.2) is 12.6 Å². The number of carbonyl (C=O) groups excluding carboxylic acids is 1. The van der Waals surface area contributed by atoms with Crippen molar-refractivity contribution in [2.75, 3.05) is 6.61 Å². The summed E-state index contributed by atoms with van der Waals surface area (Å²) < 4.78 is 4.91. The van der Waals surface area contributed by atoms with Crippen molar-refractivity contribution in [2.45, 2.75) is 73.6 Å². The minimum Gasteiger partial charge on any atom is -0.463 e. The van der Waals surface area contributed by atoms with Crippen LogP contribution in [0.1, 0.15) is 73.6 Å². The Morgan fingerprint density at radius 2 is 2.00 bits per heavy atom. The summed E-state index contributed by atoms with van der Waals surface area (Å²) in [4.78, 5) is 11.4. The molecule has 0 heterocycles. The Morgan fingerprint density at radius 1 is 1.29 bits per heavy atom. The molecule has 1 rings (SSSR count). The van der Waals surface area contributed by atoms with Gasteiger partial charge >= 0.3 is 5.97 Å². The van der Waals surface area contributed by atoms with Crippen LogP contribution < -0.4 is 0 Å². The van der Waals surface area contributed by atoms with E-state index in [2.05, 4.69) is 33.8 Å². The summed E-state index contributed by atoms with van der Waals surface area (Å²) in [6, 6.07) is 0. The molecule has 0 atom stereocenters. The summed E-state index contributed by atoms with van der Waals surface area (Å²) in [5.74, 6) is -0.276. The van der Waals surface area contributed by atoms with E-state index >= 15 is 0 Å². The zero-order valence-corrected chi connectivity index (χ0v) is 16.4. The van der Waals surface area contributed by atoms with Crippen LogP contribution >= 0.6 is 0 Å². The first-order chi connectivity index (χ1) is 11.3. The van der Waals surface area contributed by atoms with E-state index in [9.17, 15) is 4.79 Å². The highest BCUT2D eigenvalue weighted by Gasteiger charge is 2.27. The Balaban J connectivity index is 2.59. The molecule has 1 aliphatic rings. The standard InChI is InChI=1S/C22H34O2/c1-7-24-21(23)16-18(3)11-8-10-17(2)13-14-20-19(4)12-9-15-22(20,5)6/h8,10-11,16H,7,9,12-15H2,1-6H3/b11-8+,17-10-,18-16+. The second-order valence-electron chi connectivity index (χ2n) is 7.51. The van der Waals surface area contributed by atoms with Gasteiger partial charge in [-0.05, 0) is 70.8 Å². The number of hydrogen-bond donors (Lipinski definition) is 0. The molecule has 0 unspecified atom stereocenters. The first kappa shape index (κ1) is 20.5. The van der Waals surface area contributed by atoms with Crippen molar-refractivity contribution in [3.05, 3.63) is 46.6 Å². The molecule has 0 saturated carbocycles. The van der Waals surface area contributed by atoms with E-state index in [1.54, 1.807) is 11.1 Å². The minimum atomic E-state index is -0.276. The molecule has 2 heteroatoms. The van der Waals surface area contributed by atoms with Gasteiger partial charge in [0.25, 0.3) is 0 Å². The van der Waals surface area contributed by atoms with Crippen LogP contribution in [0, 0.1) is 5.41 Å². The highest BCUT2D eigenvalue weighted by atomic mass is 16.5. The third kappa shape index (κ3) is 6.90. The summed E-state index contributed by atoms with van der Waals surface area (Å²) >= 11 is 0. The van der Waals surface area contributed by atoms with Crippen molar-refractivity contribution in [2.24, 2.45) is 5.41 Å². The quantitative estimate of drug-likeness (QED) is 0.237. The highest BCUT2D eigenvalue weighted by Crippen LogP contribution is 2.42. The topological polar surface area (TPSA) is 26.3 Å². The largest absolute Gasteiger partial charge is 0.463 e. The Bertz CT molecular complexity index is 557. The smallest absolute Gasteiger partial charge is 0.330 e. The van der Waals surface area contributed by atoms with Crippen molar-refractivity contribution >= 4 is 5.97 Å². The van der Waals surface area contributed by atoms with Gasteiger partial charge in [0.1, 0.15) is 0 Å². The molecule has 0 bridgehead atoms. The fourth-order valence-corrected chi connectivity index (χ4v) is 3.41. The normalized spacial score (nSPS) is 19.1. The second-order valence-corrected chi connectivity index (χ2v) is 7.51. The Labute approximate surface area is 148 Å². The van der Waals surface area contributed by atoms with E-state index in [0.29, 0.717) is 12.0 Å². The maximum absolute atomic E-state index is 11.4. The summed E-state index contributed by atoms with van der Waals surface area (Å²) in [6.07, 6.45) is 13.8. The molecule has 1 aliphatic carbocycles. The lowest BCUT2D eigenvalue weighted by Crippen LogP contribution is -2.20. The molecule has 2 nitrogen and oxygen atoms in total. The number of rotatable bonds is 7. The van der Waals surface area contributed by atoms with E-state index < -0.39 is 0 Å². The van der Waals surface area contributed by atoms with Crippen molar-refractivity contribution in [1.82, 2.24) is 0 Å². The molecule has 0 aromatic carbocycles. The fraction of sp³-hybridized carbons (Fsp3) is 0.591. The average molecular weight is 331 g/mol. The van der Waals surface area contributed by atoms with E-state index in [-0.39, 0.29) is 5.97 Å². The lowest BCUT2D eigenvalue weighted by molar-refractivity contribution is -0.137. The summed E-state index contributed by atoms with van der Waals surface area (Å²) in [5.41, 5.74) is 5.89. The first-order valence-electron chi connectivity index (χ1n) is 9.14. The van der Waals surface area contributed by atoms with Crippen LogP contribution in [0.15, 0.2) is 46.6 Å². The lowest BCUT2D eigenvalue weighted by Gasteiger charge is -2.34. The molecule has 0 N–H and O–H groups in total.